The average molecular weight is 429 g/mol. The number of hydrogen-bond donors (Lipinski definition) is 1. The van der Waals surface area contributed by atoms with Crippen LogP contribution in [0.2, 0.25) is 10.0 Å². The maximum atomic E-state index is 12.8. The number of anilines is 1. The summed E-state index contributed by atoms with van der Waals surface area (Å²) in [6.45, 7) is 3.79. The average Bonchev–Trinajstić information content (AvgIpc) is 2.60. The molecule has 0 saturated heterocycles. The summed E-state index contributed by atoms with van der Waals surface area (Å²) < 4.78 is 26.0. The number of hydrogen-bond acceptors (Lipinski definition) is 3. The monoisotopic (exact) mass is 428 g/mol. The summed E-state index contributed by atoms with van der Waals surface area (Å²) in [6, 6.07) is 11.2. The molecular weight excluding hydrogens is 407 g/mol. The van der Waals surface area contributed by atoms with Crippen molar-refractivity contribution in [1.29, 1.82) is 0 Å². The fourth-order valence-corrected chi connectivity index (χ4v) is 4.30. The Kier molecular flexibility index (Phi) is 7.14. The predicted molar refractivity (Wildman–Crippen MR) is 111 cm³/mol. The summed E-state index contributed by atoms with van der Waals surface area (Å²) >= 11 is 12.3. The minimum Gasteiger partial charge on any atom is -0.350 e. The maximum absolute atomic E-state index is 12.8. The van der Waals surface area contributed by atoms with E-state index in [2.05, 4.69) is 5.32 Å². The van der Waals surface area contributed by atoms with E-state index in [0.717, 1.165) is 21.7 Å². The van der Waals surface area contributed by atoms with Gasteiger partial charge in [0.2, 0.25) is 15.9 Å². The third-order valence-electron chi connectivity index (χ3n) is 4.15. The van der Waals surface area contributed by atoms with Crippen molar-refractivity contribution in [2.75, 3.05) is 10.6 Å². The van der Waals surface area contributed by atoms with E-state index in [1.165, 1.54) is 0 Å². The van der Waals surface area contributed by atoms with E-state index >= 15 is 0 Å². The first-order valence-corrected chi connectivity index (χ1v) is 11.0. The first-order chi connectivity index (χ1) is 12.6. The normalized spacial score (nSPS) is 12.5. The molecule has 27 heavy (non-hydrogen) atoms. The quantitative estimate of drug-likeness (QED) is 0.719. The molecule has 8 heteroatoms. The second-order valence-corrected chi connectivity index (χ2v) is 8.90. The molecule has 0 saturated carbocycles. The van der Waals surface area contributed by atoms with Gasteiger partial charge in [-0.15, -0.1) is 0 Å². The van der Waals surface area contributed by atoms with Crippen LogP contribution in [0.1, 0.15) is 24.5 Å². The van der Waals surface area contributed by atoms with Gasteiger partial charge in [0.05, 0.1) is 11.9 Å². The number of benzene rings is 2. The molecule has 0 fully saturated rings. The van der Waals surface area contributed by atoms with Crippen molar-refractivity contribution >= 4 is 44.8 Å². The van der Waals surface area contributed by atoms with Gasteiger partial charge < -0.3 is 5.32 Å². The topological polar surface area (TPSA) is 66.5 Å². The van der Waals surface area contributed by atoms with E-state index in [1.807, 2.05) is 13.0 Å². The number of carbonyl (C=O) groups is 1. The second-order valence-electron chi connectivity index (χ2n) is 6.23. The highest BCUT2D eigenvalue weighted by molar-refractivity contribution is 7.92. The van der Waals surface area contributed by atoms with Gasteiger partial charge in [-0.3, -0.25) is 9.10 Å². The molecule has 0 aromatic heterocycles. The van der Waals surface area contributed by atoms with Crippen LogP contribution in [0, 0.1) is 6.92 Å². The van der Waals surface area contributed by atoms with E-state index in [-0.39, 0.29) is 6.54 Å². The number of carbonyl (C=O) groups excluding carboxylic acids is 1. The van der Waals surface area contributed by atoms with Crippen LogP contribution in [0.3, 0.4) is 0 Å². The highest BCUT2D eigenvalue weighted by Crippen LogP contribution is 2.27. The molecule has 0 radical (unpaired) electrons. The summed E-state index contributed by atoms with van der Waals surface area (Å²) in [6.07, 6.45) is 1.37. The Bertz CT molecular complexity index is 932. The number of rotatable bonds is 7. The minimum absolute atomic E-state index is 0.210. The molecular formula is C19H22Cl2N2O3S. The van der Waals surface area contributed by atoms with Crippen LogP contribution in [0.15, 0.2) is 42.5 Å². The third-order valence-corrected chi connectivity index (χ3v) is 6.11. The number of halogens is 2. The van der Waals surface area contributed by atoms with Crippen LogP contribution in [-0.4, -0.2) is 26.6 Å². The molecule has 0 bridgehead atoms. The number of aryl methyl sites for hydroxylation is 1. The lowest BCUT2D eigenvalue weighted by molar-refractivity contribution is -0.122. The minimum atomic E-state index is -3.71. The van der Waals surface area contributed by atoms with Gasteiger partial charge in [-0.25, -0.2) is 8.42 Å². The highest BCUT2D eigenvalue weighted by Gasteiger charge is 2.31. The smallest absolute Gasteiger partial charge is 0.244 e. The van der Waals surface area contributed by atoms with Gasteiger partial charge in [0.1, 0.15) is 6.04 Å². The van der Waals surface area contributed by atoms with Crippen LogP contribution in [0.25, 0.3) is 0 Å². The number of sulfonamides is 1. The molecule has 1 atom stereocenters. The van der Waals surface area contributed by atoms with E-state index < -0.39 is 22.0 Å². The summed E-state index contributed by atoms with van der Waals surface area (Å²) in [5.74, 6) is -0.403. The Hall–Kier alpha value is -1.76. The van der Waals surface area contributed by atoms with Crippen LogP contribution < -0.4 is 9.62 Å². The third kappa shape index (κ3) is 5.37. The second kappa shape index (κ2) is 8.95. The van der Waals surface area contributed by atoms with Crippen molar-refractivity contribution in [3.8, 4) is 0 Å². The largest absolute Gasteiger partial charge is 0.350 e. The number of nitrogens with zero attached hydrogens (tertiary/aromatic N) is 1. The molecule has 1 N–H and O–H groups in total. The van der Waals surface area contributed by atoms with Gasteiger partial charge >= 0.3 is 0 Å². The highest BCUT2D eigenvalue weighted by atomic mass is 35.5. The van der Waals surface area contributed by atoms with Crippen LogP contribution in [0.5, 0.6) is 0 Å². The fraction of sp³-hybridized carbons (Fsp3) is 0.316. The van der Waals surface area contributed by atoms with E-state index in [1.54, 1.807) is 43.3 Å². The van der Waals surface area contributed by atoms with Gasteiger partial charge in [0.15, 0.2) is 0 Å². The fourth-order valence-electron chi connectivity index (χ4n) is 2.72. The Morgan fingerprint density at radius 3 is 2.37 bits per heavy atom. The molecule has 0 spiro atoms. The lowest BCUT2D eigenvalue weighted by Gasteiger charge is -2.30. The molecule has 0 aliphatic rings. The SMILES string of the molecule is CCC(C(=O)NCc1ccccc1Cl)N(c1ccc(C)c(Cl)c1)S(C)(=O)=O. The van der Waals surface area contributed by atoms with Crippen molar-refractivity contribution in [3.63, 3.8) is 0 Å². The number of amides is 1. The van der Waals surface area contributed by atoms with Crippen LogP contribution >= 0.6 is 23.2 Å². The zero-order chi connectivity index (χ0) is 20.2. The van der Waals surface area contributed by atoms with Crippen molar-refractivity contribution in [2.45, 2.75) is 32.9 Å². The summed E-state index contributed by atoms with van der Waals surface area (Å²) in [5, 5.41) is 3.75. The Labute approximate surface area is 170 Å². The van der Waals surface area contributed by atoms with Gasteiger partial charge in [0.25, 0.3) is 0 Å². The summed E-state index contributed by atoms with van der Waals surface area (Å²) in [4.78, 5) is 12.8. The molecule has 1 amide bonds. The Morgan fingerprint density at radius 1 is 1.15 bits per heavy atom. The number of nitrogens with one attached hydrogen (secondary N) is 1. The molecule has 2 rings (SSSR count). The standard InChI is InChI=1S/C19H22Cl2N2O3S/c1-4-18(19(24)22-12-14-7-5-6-8-16(14)20)23(27(3,25)26)15-10-9-13(2)17(21)11-15/h5-11,18H,4,12H2,1-3H3,(H,22,24). The molecule has 2 aromatic rings. The molecule has 1 unspecified atom stereocenters. The lowest BCUT2D eigenvalue weighted by atomic mass is 10.1. The first-order valence-electron chi connectivity index (χ1n) is 8.41. The molecule has 0 aliphatic heterocycles. The van der Waals surface area contributed by atoms with Crippen molar-refractivity contribution in [2.24, 2.45) is 0 Å². The van der Waals surface area contributed by atoms with Crippen LogP contribution in [0.4, 0.5) is 5.69 Å². The van der Waals surface area contributed by atoms with Crippen LogP contribution in [-0.2, 0) is 21.4 Å². The summed E-state index contributed by atoms with van der Waals surface area (Å²) in [7, 11) is -3.71. The van der Waals surface area contributed by atoms with Crippen molar-refractivity contribution < 1.29 is 13.2 Å². The molecule has 0 heterocycles. The molecule has 5 nitrogen and oxygen atoms in total. The van der Waals surface area contributed by atoms with Gasteiger partial charge in [-0.2, -0.15) is 0 Å². The van der Waals surface area contributed by atoms with E-state index in [4.69, 9.17) is 23.2 Å². The van der Waals surface area contributed by atoms with E-state index in [9.17, 15) is 13.2 Å². The van der Waals surface area contributed by atoms with Gasteiger partial charge in [-0.1, -0.05) is 54.4 Å². The zero-order valence-electron chi connectivity index (χ0n) is 15.4. The van der Waals surface area contributed by atoms with Gasteiger partial charge in [-0.05, 0) is 42.7 Å². The van der Waals surface area contributed by atoms with Gasteiger partial charge in [0, 0.05) is 16.6 Å². The first kappa shape index (κ1) is 21.5. The van der Waals surface area contributed by atoms with Crippen molar-refractivity contribution in [1.82, 2.24) is 5.32 Å². The molecule has 2 aromatic carbocycles. The molecule has 146 valence electrons. The van der Waals surface area contributed by atoms with E-state index in [0.29, 0.717) is 22.2 Å². The lowest BCUT2D eigenvalue weighted by Crippen LogP contribution is -2.49. The summed E-state index contributed by atoms with van der Waals surface area (Å²) in [5.41, 5.74) is 1.93. The van der Waals surface area contributed by atoms with Crippen molar-refractivity contribution in [3.05, 3.63) is 63.6 Å². The maximum Gasteiger partial charge on any atom is 0.244 e. The Morgan fingerprint density at radius 2 is 1.81 bits per heavy atom. The molecule has 0 aliphatic carbocycles. The Balaban J connectivity index is 2.30. The predicted octanol–water partition coefficient (Wildman–Crippen LogP) is 4.16. The zero-order valence-corrected chi connectivity index (χ0v) is 17.7.